The Morgan fingerprint density at radius 1 is 1.14 bits per heavy atom. The highest BCUT2D eigenvalue weighted by molar-refractivity contribution is 5.90. The van der Waals surface area contributed by atoms with Crippen molar-refractivity contribution in [3.63, 3.8) is 0 Å². The second-order valence-electron chi connectivity index (χ2n) is 7.55. The van der Waals surface area contributed by atoms with E-state index in [1.807, 2.05) is 37.3 Å². The second-order valence-corrected chi connectivity index (χ2v) is 7.55. The van der Waals surface area contributed by atoms with Crippen molar-refractivity contribution in [3.8, 4) is 17.6 Å². The molecule has 1 N–H and O–H groups in total. The van der Waals surface area contributed by atoms with Gasteiger partial charge in [0.05, 0.1) is 29.8 Å². The molecule has 5 heteroatoms. The molecule has 0 aliphatic carbocycles. The van der Waals surface area contributed by atoms with Gasteiger partial charge in [0.15, 0.2) is 11.5 Å². The van der Waals surface area contributed by atoms with Crippen LogP contribution in [0, 0.1) is 31.1 Å². The minimum atomic E-state index is 0.426. The molecule has 0 amide bonds. The number of imidazole rings is 1. The molecule has 1 aromatic heterocycles. The lowest BCUT2D eigenvalue weighted by atomic mass is 10.1. The minimum absolute atomic E-state index is 0.426. The molecule has 2 aromatic carbocycles. The number of hydrogen-bond donors (Lipinski definition) is 1. The van der Waals surface area contributed by atoms with E-state index in [2.05, 4.69) is 49.8 Å². The van der Waals surface area contributed by atoms with E-state index < -0.39 is 0 Å². The Bertz CT molecular complexity index is 1050. The van der Waals surface area contributed by atoms with Gasteiger partial charge in [-0.05, 0) is 73.7 Å². The predicted octanol–water partition coefficient (Wildman–Crippen LogP) is 5.68. The van der Waals surface area contributed by atoms with Crippen molar-refractivity contribution in [2.45, 2.75) is 34.6 Å². The fraction of sp³-hybridized carbons (Fsp3) is 0.333. The fourth-order valence-corrected chi connectivity index (χ4v) is 2.98. The van der Waals surface area contributed by atoms with Gasteiger partial charge in [0.25, 0.3) is 0 Å². The monoisotopic (exact) mass is 389 g/mol. The van der Waals surface area contributed by atoms with Crippen LogP contribution < -0.4 is 9.47 Å². The average Bonchev–Trinajstić information content (AvgIpc) is 3.08. The van der Waals surface area contributed by atoms with Crippen LogP contribution in [-0.2, 0) is 0 Å². The van der Waals surface area contributed by atoms with Gasteiger partial charge in [0, 0.05) is 0 Å². The molecule has 0 unspecified atom stereocenters. The summed E-state index contributed by atoms with van der Waals surface area (Å²) >= 11 is 0. The van der Waals surface area contributed by atoms with E-state index >= 15 is 0 Å². The number of ether oxygens (including phenoxy) is 2. The molecule has 0 saturated heterocycles. The maximum absolute atomic E-state index is 9.71. The van der Waals surface area contributed by atoms with Crippen molar-refractivity contribution in [2.24, 2.45) is 5.92 Å². The van der Waals surface area contributed by atoms with Crippen LogP contribution in [0.2, 0.25) is 0 Å². The summed E-state index contributed by atoms with van der Waals surface area (Å²) < 4.78 is 11.6. The first-order chi connectivity index (χ1) is 13.9. The number of aryl methyl sites for hydroxylation is 2. The molecule has 1 heterocycles. The first-order valence-corrected chi connectivity index (χ1v) is 9.90. The van der Waals surface area contributed by atoms with Crippen molar-refractivity contribution in [2.75, 3.05) is 13.2 Å². The van der Waals surface area contributed by atoms with Crippen LogP contribution in [0.1, 0.15) is 43.3 Å². The standard InChI is InChI=1S/C24H27N3O2/c1-6-28-23-12-18(7-8-22(23)29-14-15(2)3)11-19(13-25)24-26-20-9-16(4)17(5)10-21(20)27-24/h7-12,15H,6,14H2,1-5H3,(H,26,27)/b19-11-. The molecule has 3 aromatic rings. The van der Waals surface area contributed by atoms with Crippen molar-refractivity contribution in [1.82, 2.24) is 9.97 Å². The van der Waals surface area contributed by atoms with E-state index in [0.717, 1.165) is 16.6 Å². The molecule has 0 bridgehead atoms. The Morgan fingerprint density at radius 2 is 1.90 bits per heavy atom. The van der Waals surface area contributed by atoms with E-state index in [9.17, 15) is 5.26 Å². The number of fused-ring (bicyclic) bond motifs is 1. The zero-order valence-corrected chi connectivity index (χ0v) is 17.7. The van der Waals surface area contributed by atoms with E-state index in [-0.39, 0.29) is 0 Å². The number of nitrogens with zero attached hydrogens (tertiary/aromatic N) is 2. The molecule has 0 radical (unpaired) electrons. The number of hydrogen-bond acceptors (Lipinski definition) is 4. The average molecular weight is 389 g/mol. The van der Waals surface area contributed by atoms with Gasteiger partial charge in [0.2, 0.25) is 0 Å². The van der Waals surface area contributed by atoms with E-state index in [1.54, 1.807) is 0 Å². The van der Waals surface area contributed by atoms with Crippen LogP contribution in [0.4, 0.5) is 0 Å². The Labute approximate surface area is 172 Å². The van der Waals surface area contributed by atoms with Crippen molar-refractivity contribution >= 4 is 22.7 Å². The largest absolute Gasteiger partial charge is 0.490 e. The first-order valence-electron chi connectivity index (χ1n) is 9.90. The maximum atomic E-state index is 9.71. The Hall–Kier alpha value is -3.26. The molecule has 0 fully saturated rings. The molecule has 0 atom stereocenters. The molecule has 150 valence electrons. The van der Waals surface area contributed by atoms with Gasteiger partial charge in [-0.3, -0.25) is 0 Å². The summed E-state index contributed by atoms with van der Waals surface area (Å²) in [5, 5.41) is 9.71. The third kappa shape index (κ3) is 4.78. The van der Waals surface area contributed by atoms with Crippen LogP contribution in [0.15, 0.2) is 30.3 Å². The number of rotatable bonds is 7. The summed E-state index contributed by atoms with van der Waals surface area (Å²) in [4.78, 5) is 7.87. The Balaban J connectivity index is 1.96. The maximum Gasteiger partial charge on any atom is 0.161 e. The van der Waals surface area contributed by atoms with E-state index in [1.165, 1.54) is 11.1 Å². The van der Waals surface area contributed by atoms with Crippen molar-refractivity contribution in [1.29, 1.82) is 5.26 Å². The molecule has 5 nitrogen and oxygen atoms in total. The Morgan fingerprint density at radius 3 is 2.59 bits per heavy atom. The van der Waals surface area contributed by atoms with Gasteiger partial charge in [-0.1, -0.05) is 19.9 Å². The highest BCUT2D eigenvalue weighted by Gasteiger charge is 2.11. The summed E-state index contributed by atoms with van der Waals surface area (Å²) in [6.45, 7) is 11.4. The van der Waals surface area contributed by atoms with Crippen molar-refractivity contribution in [3.05, 3.63) is 52.8 Å². The van der Waals surface area contributed by atoms with Crippen LogP contribution in [0.25, 0.3) is 22.7 Å². The molecular formula is C24H27N3O2. The Kier molecular flexibility index (Phi) is 6.23. The zero-order valence-electron chi connectivity index (χ0n) is 17.7. The molecule has 0 spiro atoms. The van der Waals surface area contributed by atoms with Gasteiger partial charge in [0.1, 0.15) is 11.9 Å². The summed E-state index contributed by atoms with van der Waals surface area (Å²) in [5.41, 5.74) is 5.47. The van der Waals surface area contributed by atoms with Gasteiger partial charge >= 0.3 is 0 Å². The lowest BCUT2D eigenvalue weighted by molar-refractivity contribution is 0.248. The topological polar surface area (TPSA) is 70.9 Å². The normalized spacial score (nSPS) is 11.7. The van der Waals surface area contributed by atoms with E-state index in [0.29, 0.717) is 42.0 Å². The number of benzene rings is 2. The summed E-state index contributed by atoms with van der Waals surface area (Å²) in [5.74, 6) is 2.38. The molecule has 0 aliphatic heterocycles. The summed E-state index contributed by atoms with van der Waals surface area (Å²) in [7, 11) is 0. The third-order valence-electron chi connectivity index (χ3n) is 4.62. The smallest absolute Gasteiger partial charge is 0.161 e. The van der Waals surface area contributed by atoms with Crippen molar-refractivity contribution < 1.29 is 9.47 Å². The highest BCUT2D eigenvalue weighted by Crippen LogP contribution is 2.30. The molecule has 0 aliphatic rings. The van der Waals surface area contributed by atoms with Gasteiger partial charge in [-0.25, -0.2) is 4.98 Å². The predicted molar refractivity (Wildman–Crippen MR) is 117 cm³/mol. The zero-order chi connectivity index (χ0) is 21.0. The summed E-state index contributed by atoms with van der Waals surface area (Å²) in [6.07, 6.45) is 1.81. The fourth-order valence-electron chi connectivity index (χ4n) is 2.98. The SMILES string of the molecule is CCOc1cc(/C=C(/C#N)c2nc3cc(C)c(C)cc3[nH]2)ccc1OCC(C)C. The summed E-state index contributed by atoms with van der Waals surface area (Å²) in [6, 6.07) is 12.1. The first kappa shape index (κ1) is 20.5. The number of H-pyrrole nitrogens is 1. The number of aromatic nitrogens is 2. The molecule has 29 heavy (non-hydrogen) atoms. The third-order valence-corrected chi connectivity index (χ3v) is 4.62. The van der Waals surface area contributed by atoms with Gasteiger partial charge in [-0.15, -0.1) is 0 Å². The van der Waals surface area contributed by atoms with E-state index in [4.69, 9.17) is 9.47 Å². The number of aromatic amines is 1. The minimum Gasteiger partial charge on any atom is -0.490 e. The second kappa shape index (κ2) is 8.83. The molecular weight excluding hydrogens is 362 g/mol. The van der Waals surface area contributed by atoms with Crippen LogP contribution in [0.3, 0.4) is 0 Å². The number of allylic oxidation sites excluding steroid dienone is 1. The van der Waals surface area contributed by atoms with Crippen LogP contribution in [-0.4, -0.2) is 23.2 Å². The van der Waals surface area contributed by atoms with Gasteiger partial charge in [-0.2, -0.15) is 5.26 Å². The quantitative estimate of drug-likeness (QED) is 0.528. The highest BCUT2D eigenvalue weighted by atomic mass is 16.5. The lowest BCUT2D eigenvalue weighted by Crippen LogP contribution is -2.06. The molecule has 0 saturated carbocycles. The number of nitriles is 1. The number of nitrogens with one attached hydrogen (secondary N) is 1. The molecule has 3 rings (SSSR count). The van der Waals surface area contributed by atoms with Crippen LogP contribution >= 0.6 is 0 Å². The van der Waals surface area contributed by atoms with Crippen LogP contribution in [0.5, 0.6) is 11.5 Å². The lowest BCUT2D eigenvalue weighted by Gasteiger charge is -2.14. The van der Waals surface area contributed by atoms with Gasteiger partial charge < -0.3 is 14.5 Å².